The van der Waals surface area contributed by atoms with Crippen LogP contribution in [-0.2, 0) is 0 Å². The molecule has 1 nitrogen and oxygen atoms in total. The molecule has 0 amide bonds. The van der Waals surface area contributed by atoms with Gasteiger partial charge in [-0.25, -0.2) is 0 Å². The molecule has 152 valence electrons. The zero-order valence-corrected chi connectivity index (χ0v) is 18.0. The Morgan fingerprint density at radius 3 is 1.40 bits per heavy atom. The Labute approximate surface area is 160 Å². The maximum Gasteiger partial charge on any atom is 0.0542 e. The van der Waals surface area contributed by atoms with E-state index in [2.05, 4.69) is 20.8 Å². The SMILES string of the molecule is CCCCCCCCCCCCCCCC(O)CC(CC)CCCC. The second kappa shape index (κ2) is 20.3. The summed E-state index contributed by atoms with van der Waals surface area (Å²) in [7, 11) is 0. The fraction of sp³-hybridized carbons (Fsp3) is 1.00. The maximum atomic E-state index is 10.2. The lowest BCUT2D eigenvalue weighted by molar-refractivity contribution is 0.125. The molecule has 1 N–H and O–H groups in total. The Morgan fingerprint density at radius 1 is 0.520 bits per heavy atom. The van der Waals surface area contributed by atoms with Crippen LogP contribution in [-0.4, -0.2) is 11.2 Å². The molecule has 0 rings (SSSR count). The molecule has 0 fully saturated rings. The molecule has 0 aliphatic rings. The van der Waals surface area contributed by atoms with Gasteiger partial charge in [-0.2, -0.15) is 0 Å². The molecular weight excluding hydrogens is 304 g/mol. The first-order valence-electron chi connectivity index (χ1n) is 11.9. The fourth-order valence-corrected chi connectivity index (χ4v) is 3.88. The summed E-state index contributed by atoms with van der Waals surface area (Å²) in [5.74, 6) is 0.747. The molecule has 0 aromatic carbocycles. The van der Waals surface area contributed by atoms with Crippen molar-refractivity contribution in [3.05, 3.63) is 0 Å². The van der Waals surface area contributed by atoms with E-state index in [1.807, 2.05) is 0 Å². The molecule has 2 unspecified atom stereocenters. The van der Waals surface area contributed by atoms with Crippen LogP contribution in [0, 0.1) is 5.92 Å². The first-order chi connectivity index (χ1) is 12.2. The summed E-state index contributed by atoms with van der Waals surface area (Å²) >= 11 is 0. The van der Waals surface area contributed by atoms with Gasteiger partial charge in [-0.05, 0) is 18.8 Å². The van der Waals surface area contributed by atoms with Gasteiger partial charge in [0.05, 0.1) is 6.10 Å². The monoisotopic (exact) mass is 354 g/mol. The molecule has 2 atom stereocenters. The lowest BCUT2D eigenvalue weighted by Crippen LogP contribution is -2.13. The standard InChI is InChI=1S/C24H50O/c1-4-7-9-10-11-12-13-14-15-16-17-18-19-21-24(25)22-23(6-3)20-8-5-2/h23-25H,4-22H2,1-3H3. The van der Waals surface area contributed by atoms with Crippen LogP contribution in [0.1, 0.15) is 143 Å². The van der Waals surface area contributed by atoms with Crippen molar-refractivity contribution < 1.29 is 5.11 Å². The maximum absolute atomic E-state index is 10.2. The normalized spacial score (nSPS) is 13.9. The summed E-state index contributed by atoms with van der Waals surface area (Å²) in [6.45, 7) is 6.82. The van der Waals surface area contributed by atoms with Crippen LogP contribution in [0.15, 0.2) is 0 Å². The number of hydrogen-bond acceptors (Lipinski definition) is 1. The van der Waals surface area contributed by atoms with E-state index in [-0.39, 0.29) is 6.10 Å². The van der Waals surface area contributed by atoms with Crippen molar-refractivity contribution in [1.82, 2.24) is 0 Å². The molecule has 0 aromatic rings. The predicted octanol–water partition coefficient (Wildman–Crippen LogP) is 8.44. The van der Waals surface area contributed by atoms with Gasteiger partial charge in [0.2, 0.25) is 0 Å². The highest BCUT2D eigenvalue weighted by molar-refractivity contribution is 4.65. The van der Waals surface area contributed by atoms with E-state index < -0.39 is 0 Å². The molecule has 0 aliphatic heterocycles. The van der Waals surface area contributed by atoms with Crippen molar-refractivity contribution in [3.63, 3.8) is 0 Å². The van der Waals surface area contributed by atoms with E-state index in [9.17, 15) is 5.11 Å². The number of hydrogen-bond donors (Lipinski definition) is 1. The summed E-state index contributed by atoms with van der Waals surface area (Å²) in [5, 5.41) is 10.2. The first-order valence-corrected chi connectivity index (χ1v) is 11.9. The molecule has 0 bridgehead atoms. The van der Waals surface area contributed by atoms with Crippen molar-refractivity contribution in [2.24, 2.45) is 5.92 Å². The average molecular weight is 355 g/mol. The highest BCUT2D eigenvalue weighted by atomic mass is 16.3. The van der Waals surface area contributed by atoms with Crippen LogP contribution in [0.5, 0.6) is 0 Å². The minimum Gasteiger partial charge on any atom is -0.393 e. The molecule has 0 radical (unpaired) electrons. The van der Waals surface area contributed by atoms with Crippen molar-refractivity contribution >= 4 is 0 Å². The minimum absolute atomic E-state index is 0.0467. The van der Waals surface area contributed by atoms with Gasteiger partial charge < -0.3 is 5.11 Å². The highest BCUT2D eigenvalue weighted by Gasteiger charge is 2.12. The number of aliphatic hydroxyl groups excluding tert-OH is 1. The minimum atomic E-state index is -0.0467. The van der Waals surface area contributed by atoms with E-state index in [0.717, 1.165) is 18.8 Å². The Balaban J connectivity index is 3.29. The van der Waals surface area contributed by atoms with E-state index in [0.29, 0.717) is 0 Å². The Morgan fingerprint density at radius 2 is 0.960 bits per heavy atom. The second-order valence-electron chi connectivity index (χ2n) is 8.34. The number of rotatable bonds is 20. The summed E-state index contributed by atoms with van der Waals surface area (Å²) in [6.07, 6.45) is 25.4. The van der Waals surface area contributed by atoms with Crippen molar-refractivity contribution in [1.29, 1.82) is 0 Å². The van der Waals surface area contributed by atoms with Gasteiger partial charge in [0, 0.05) is 0 Å². The quantitative estimate of drug-likeness (QED) is 0.217. The topological polar surface area (TPSA) is 20.2 Å². The summed E-state index contributed by atoms with van der Waals surface area (Å²) in [4.78, 5) is 0. The predicted molar refractivity (Wildman–Crippen MR) is 114 cm³/mol. The fourth-order valence-electron chi connectivity index (χ4n) is 3.88. The molecule has 0 spiro atoms. The molecule has 1 heteroatoms. The van der Waals surface area contributed by atoms with E-state index in [4.69, 9.17) is 0 Å². The molecule has 0 saturated heterocycles. The van der Waals surface area contributed by atoms with E-state index in [1.54, 1.807) is 0 Å². The highest BCUT2D eigenvalue weighted by Crippen LogP contribution is 2.21. The van der Waals surface area contributed by atoms with Gasteiger partial charge in [-0.3, -0.25) is 0 Å². The molecule has 0 aromatic heterocycles. The van der Waals surface area contributed by atoms with Gasteiger partial charge in [-0.15, -0.1) is 0 Å². The smallest absolute Gasteiger partial charge is 0.0542 e. The molecule has 0 saturated carbocycles. The Hall–Kier alpha value is -0.0400. The van der Waals surface area contributed by atoms with Crippen molar-refractivity contribution in [2.75, 3.05) is 0 Å². The summed E-state index contributed by atoms with van der Waals surface area (Å²) in [5.41, 5.74) is 0. The van der Waals surface area contributed by atoms with Crippen LogP contribution < -0.4 is 0 Å². The first kappa shape index (κ1) is 25.0. The summed E-state index contributed by atoms with van der Waals surface area (Å²) in [6, 6.07) is 0. The largest absolute Gasteiger partial charge is 0.393 e. The van der Waals surface area contributed by atoms with Gasteiger partial charge in [0.25, 0.3) is 0 Å². The van der Waals surface area contributed by atoms with E-state index >= 15 is 0 Å². The molecule has 0 heterocycles. The molecular formula is C24H50O. The zero-order valence-electron chi connectivity index (χ0n) is 18.0. The Bertz CT molecular complexity index is 238. The van der Waals surface area contributed by atoms with Crippen LogP contribution in [0.4, 0.5) is 0 Å². The summed E-state index contributed by atoms with van der Waals surface area (Å²) < 4.78 is 0. The van der Waals surface area contributed by atoms with Crippen LogP contribution >= 0.6 is 0 Å². The lowest BCUT2D eigenvalue weighted by atomic mass is 9.91. The van der Waals surface area contributed by atoms with Crippen molar-refractivity contribution in [3.8, 4) is 0 Å². The van der Waals surface area contributed by atoms with E-state index in [1.165, 1.54) is 109 Å². The molecule has 0 aliphatic carbocycles. The third kappa shape index (κ3) is 18.5. The zero-order chi connectivity index (χ0) is 18.6. The van der Waals surface area contributed by atoms with Crippen LogP contribution in [0.2, 0.25) is 0 Å². The van der Waals surface area contributed by atoms with Crippen LogP contribution in [0.25, 0.3) is 0 Å². The van der Waals surface area contributed by atoms with Gasteiger partial charge in [-0.1, -0.05) is 130 Å². The van der Waals surface area contributed by atoms with Crippen LogP contribution in [0.3, 0.4) is 0 Å². The number of unbranched alkanes of at least 4 members (excludes halogenated alkanes) is 13. The van der Waals surface area contributed by atoms with Gasteiger partial charge >= 0.3 is 0 Å². The van der Waals surface area contributed by atoms with Gasteiger partial charge in [0.1, 0.15) is 0 Å². The lowest BCUT2D eigenvalue weighted by Gasteiger charge is -2.18. The van der Waals surface area contributed by atoms with Crippen molar-refractivity contribution in [2.45, 2.75) is 149 Å². The second-order valence-corrected chi connectivity index (χ2v) is 8.34. The number of aliphatic hydroxyl groups is 1. The molecule has 25 heavy (non-hydrogen) atoms. The third-order valence-corrected chi connectivity index (χ3v) is 5.79. The average Bonchev–Trinajstić information content (AvgIpc) is 2.62. The van der Waals surface area contributed by atoms with Gasteiger partial charge in [0.15, 0.2) is 0 Å². The third-order valence-electron chi connectivity index (χ3n) is 5.79. The Kier molecular flexibility index (Phi) is 20.2.